The molecule has 1 aliphatic carbocycles. The van der Waals surface area contributed by atoms with Gasteiger partial charge in [-0.25, -0.2) is 0 Å². The smallest absolute Gasteiger partial charge is 0.188 e. The van der Waals surface area contributed by atoms with Crippen LogP contribution in [0.1, 0.15) is 19.3 Å². The van der Waals surface area contributed by atoms with Crippen molar-refractivity contribution < 1.29 is 0 Å². The average molecular weight is 184 g/mol. The van der Waals surface area contributed by atoms with E-state index in [9.17, 15) is 0 Å². The molecule has 0 aromatic heterocycles. The minimum atomic E-state index is 0.188. The molecule has 3 N–H and O–H groups in total. The Kier molecular flexibility index (Phi) is 3.14. The Morgan fingerprint density at radius 2 is 2.15 bits per heavy atom. The van der Waals surface area contributed by atoms with E-state index in [2.05, 4.69) is 29.3 Å². The molecule has 13 heavy (non-hydrogen) atoms. The molecular formula is C9H20N4. The molecule has 0 unspecified atom stereocenters. The molecule has 4 nitrogen and oxygen atoms in total. The number of nitrogens with two attached hydrogens (primary N) is 1. The van der Waals surface area contributed by atoms with Crippen LogP contribution in [0, 0.1) is 0 Å². The SMILES string of the molecule is CN=C(N)NC1(CN(C)C)CCC1. The first-order chi connectivity index (χ1) is 6.08. The number of nitrogens with zero attached hydrogens (tertiary/aromatic N) is 2. The van der Waals surface area contributed by atoms with Gasteiger partial charge in [0, 0.05) is 13.6 Å². The first kappa shape index (κ1) is 10.3. The monoisotopic (exact) mass is 184 g/mol. The van der Waals surface area contributed by atoms with Crippen LogP contribution in [0.3, 0.4) is 0 Å². The van der Waals surface area contributed by atoms with Gasteiger partial charge >= 0.3 is 0 Å². The first-order valence-electron chi connectivity index (χ1n) is 4.73. The van der Waals surface area contributed by atoms with Crippen LogP contribution in [0.5, 0.6) is 0 Å². The predicted molar refractivity (Wildman–Crippen MR) is 55.8 cm³/mol. The van der Waals surface area contributed by atoms with Crippen LogP contribution in [-0.2, 0) is 0 Å². The van der Waals surface area contributed by atoms with Crippen LogP contribution < -0.4 is 11.1 Å². The number of hydrogen-bond acceptors (Lipinski definition) is 2. The molecule has 0 amide bonds. The van der Waals surface area contributed by atoms with E-state index >= 15 is 0 Å². The fourth-order valence-electron chi connectivity index (χ4n) is 1.86. The van der Waals surface area contributed by atoms with Crippen molar-refractivity contribution in [3.63, 3.8) is 0 Å². The summed E-state index contributed by atoms with van der Waals surface area (Å²) >= 11 is 0. The molecule has 0 heterocycles. The fourth-order valence-corrected chi connectivity index (χ4v) is 1.86. The van der Waals surface area contributed by atoms with Crippen molar-refractivity contribution >= 4 is 5.96 Å². The van der Waals surface area contributed by atoms with E-state index in [-0.39, 0.29) is 5.54 Å². The molecular weight excluding hydrogens is 164 g/mol. The number of rotatable bonds is 3. The molecule has 0 bridgehead atoms. The Labute approximate surface area is 80.2 Å². The molecule has 0 atom stereocenters. The highest BCUT2D eigenvalue weighted by atomic mass is 15.2. The maximum Gasteiger partial charge on any atom is 0.188 e. The van der Waals surface area contributed by atoms with Gasteiger partial charge in [0.1, 0.15) is 0 Å². The Morgan fingerprint density at radius 3 is 2.46 bits per heavy atom. The van der Waals surface area contributed by atoms with E-state index in [4.69, 9.17) is 5.73 Å². The van der Waals surface area contributed by atoms with Crippen LogP contribution in [-0.4, -0.2) is 44.1 Å². The van der Waals surface area contributed by atoms with Gasteiger partial charge in [0.25, 0.3) is 0 Å². The van der Waals surface area contributed by atoms with Gasteiger partial charge in [0.15, 0.2) is 5.96 Å². The summed E-state index contributed by atoms with van der Waals surface area (Å²) in [4.78, 5) is 6.12. The summed E-state index contributed by atoms with van der Waals surface area (Å²) in [6.45, 7) is 1.03. The zero-order valence-electron chi connectivity index (χ0n) is 8.80. The van der Waals surface area contributed by atoms with Crippen LogP contribution in [0.2, 0.25) is 0 Å². The Balaban J connectivity index is 2.49. The number of likely N-dealkylation sites (N-methyl/N-ethyl adjacent to an activating group) is 1. The number of guanidine groups is 1. The van der Waals surface area contributed by atoms with Crippen LogP contribution in [0.25, 0.3) is 0 Å². The van der Waals surface area contributed by atoms with Crippen molar-refractivity contribution in [1.82, 2.24) is 10.2 Å². The molecule has 1 fully saturated rings. The average Bonchev–Trinajstić information content (AvgIpc) is 1.99. The van der Waals surface area contributed by atoms with Gasteiger partial charge in [-0.2, -0.15) is 0 Å². The van der Waals surface area contributed by atoms with E-state index in [0.717, 1.165) is 6.54 Å². The lowest BCUT2D eigenvalue weighted by molar-refractivity contribution is 0.159. The quantitative estimate of drug-likeness (QED) is 0.480. The molecule has 0 aliphatic heterocycles. The Morgan fingerprint density at radius 1 is 1.54 bits per heavy atom. The van der Waals surface area contributed by atoms with E-state index in [1.807, 2.05) is 0 Å². The Hall–Kier alpha value is -0.770. The normalized spacial score (nSPS) is 21.4. The van der Waals surface area contributed by atoms with Crippen molar-refractivity contribution in [1.29, 1.82) is 0 Å². The molecule has 0 saturated heterocycles. The zero-order chi connectivity index (χ0) is 9.90. The summed E-state index contributed by atoms with van der Waals surface area (Å²) < 4.78 is 0. The molecule has 0 spiro atoms. The highest BCUT2D eigenvalue weighted by molar-refractivity contribution is 5.78. The minimum absolute atomic E-state index is 0.188. The fraction of sp³-hybridized carbons (Fsp3) is 0.889. The number of hydrogen-bond donors (Lipinski definition) is 2. The van der Waals surface area contributed by atoms with E-state index < -0.39 is 0 Å². The van der Waals surface area contributed by atoms with Crippen LogP contribution >= 0.6 is 0 Å². The number of nitrogens with one attached hydrogen (secondary N) is 1. The summed E-state index contributed by atoms with van der Waals surface area (Å²) in [5, 5.41) is 3.30. The van der Waals surface area contributed by atoms with Crippen LogP contribution in [0.15, 0.2) is 4.99 Å². The maximum atomic E-state index is 5.66. The first-order valence-corrected chi connectivity index (χ1v) is 4.73. The van der Waals surface area contributed by atoms with Gasteiger partial charge in [-0.1, -0.05) is 0 Å². The van der Waals surface area contributed by atoms with E-state index in [0.29, 0.717) is 5.96 Å². The van der Waals surface area contributed by atoms with Gasteiger partial charge in [-0.15, -0.1) is 0 Å². The standard InChI is InChI=1S/C9H20N4/c1-11-8(10)12-9(5-4-6-9)7-13(2)3/h4-7H2,1-3H3,(H3,10,11,12). The highest BCUT2D eigenvalue weighted by Gasteiger charge is 2.37. The van der Waals surface area contributed by atoms with Crippen molar-refractivity contribution in [3.05, 3.63) is 0 Å². The lowest BCUT2D eigenvalue weighted by atomic mass is 9.76. The molecule has 0 radical (unpaired) electrons. The summed E-state index contributed by atoms with van der Waals surface area (Å²) in [7, 11) is 5.88. The van der Waals surface area contributed by atoms with Gasteiger partial charge in [0.05, 0.1) is 5.54 Å². The number of aliphatic imine (C=N–C) groups is 1. The van der Waals surface area contributed by atoms with Crippen molar-refractivity contribution in [2.45, 2.75) is 24.8 Å². The van der Waals surface area contributed by atoms with E-state index in [1.165, 1.54) is 19.3 Å². The molecule has 4 heteroatoms. The second-order valence-electron chi connectivity index (χ2n) is 4.11. The van der Waals surface area contributed by atoms with Crippen LogP contribution in [0.4, 0.5) is 0 Å². The van der Waals surface area contributed by atoms with Crippen molar-refractivity contribution in [3.8, 4) is 0 Å². The molecule has 76 valence electrons. The van der Waals surface area contributed by atoms with E-state index in [1.54, 1.807) is 7.05 Å². The second-order valence-corrected chi connectivity index (χ2v) is 4.11. The van der Waals surface area contributed by atoms with Gasteiger partial charge in [0.2, 0.25) is 0 Å². The minimum Gasteiger partial charge on any atom is -0.370 e. The molecule has 1 rings (SSSR count). The Bertz CT molecular complexity index is 194. The summed E-state index contributed by atoms with van der Waals surface area (Å²) in [6.07, 6.45) is 3.68. The van der Waals surface area contributed by atoms with Gasteiger partial charge in [-0.05, 0) is 33.4 Å². The molecule has 1 aliphatic rings. The van der Waals surface area contributed by atoms with Crippen molar-refractivity contribution in [2.24, 2.45) is 10.7 Å². The van der Waals surface area contributed by atoms with Crippen molar-refractivity contribution in [2.75, 3.05) is 27.7 Å². The van der Waals surface area contributed by atoms with Gasteiger partial charge in [-0.3, -0.25) is 4.99 Å². The lowest BCUT2D eigenvalue weighted by Gasteiger charge is -2.44. The third kappa shape index (κ3) is 2.59. The maximum absolute atomic E-state index is 5.66. The largest absolute Gasteiger partial charge is 0.370 e. The zero-order valence-corrected chi connectivity index (χ0v) is 8.80. The second kappa shape index (κ2) is 3.96. The highest BCUT2D eigenvalue weighted by Crippen LogP contribution is 2.31. The molecule has 0 aromatic carbocycles. The third-order valence-corrected chi connectivity index (χ3v) is 2.56. The topological polar surface area (TPSA) is 53.6 Å². The lowest BCUT2D eigenvalue weighted by Crippen LogP contribution is -2.60. The third-order valence-electron chi connectivity index (χ3n) is 2.56. The predicted octanol–water partition coefficient (Wildman–Crippen LogP) is 0.00480. The summed E-state index contributed by atoms with van der Waals surface area (Å²) in [6, 6.07) is 0. The molecule has 1 saturated carbocycles. The van der Waals surface area contributed by atoms with Gasteiger partial charge < -0.3 is 16.0 Å². The summed E-state index contributed by atoms with van der Waals surface area (Å²) in [5.41, 5.74) is 5.85. The molecule has 0 aromatic rings. The summed E-state index contributed by atoms with van der Waals surface area (Å²) in [5.74, 6) is 0.557.